The highest BCUT2D eigenvalue weighted by Crippen LogP contribution is 2.23. The molecular weight excluding hydrogens is 348 g/mol. The van der Waals surface area contributed by atoms with Gasteiger partial charge in [-0.25, -0.2) is 0 Å². The Hall–Kier alpha value is -3.12. The molecule has 0 aliphatic heterocycles. The fourth-order valence-electron chi connectivity index (χ4n) is 2.39. The number of amides is 1. The number of nitro benzene ring substituents is 1. The Bertz CT molecular complexity index is 895. The summed E-state index contributed by atoms with van der Waals surface area (Å²) in [4.78, 5) is 23.1. The van der Waals surface area contributed by atoms with Crippen LogP contribution in [0, 0.1) is 10.1 Å². The summed E-state index contributed by atoms with van der Waals surface area (Å²) >= 11 is 1.33. The summed E-state index contributed by atoms with van der Waals surface area (Å²) in [5.41, 5.74) is 2.99. The molecule has 0 aliphatic rings. The third-order valence-electron chi connectivity index (χ3n) is 3.69. The maximum Gasteiger partial charge on any atom is 0.269 e. The molecule has 3 aromatic rings. The molecule has 0 spiro atoms. The molecule has 0 radical (unpaired) electrons. The van der Waals surface area contributed by atoms with E-state index in [4.69, 9.17) is 0 Å². The first-order valence-corrected chi connectivity index (χ1v) is 8.93. The summed E-state index contributed by atoms with van der Waals surface area (Å²) in [7, 11) is 0. The monoisotopic (exact) mass is 364 g/mol. The van der Waals surface area contributed by atoms with E-state index >= 15 is 0 Å². The van der Waals surface area contributed by atoms with Gasteiger partial charge >= 0.3 is 0 Å². The van der Waals surface area contributed by atoms with Crippen molar-refractivity contribution >= 4 is 29.0 Å². The average molecular weight is 364 g/mol. The minimum Gasteiger partial charge on any atom is -0.325 e. The first-order chi connectivity index (χ1) is 12.6. The summed E-state index contributed by atoms with van der Waals surface area (Å²) < 4.78 is 0. The van der Waals surface area contributed by atoms with Crippen LogP contribution in [0.3, 0.4) is 0 Å². The van der Waals surface area contributed by atoms with Crippen molar-refractivity contribution in [2.45, 2.75) is 4.90 Å². The molecule has 0 fully saturated rings. The zero-order chi connectivity index (χ0) is 18.4. The number of hydrogen-bond acceptors (Lipinski definition) is 4. The van der Waals surface area contributed by atoms with Crippen LogP contribution in [0.2, 0.25) is 0 Å². The molecule has 3 rings (SSSR count). The Labute approximate surface area is 155 Å². The first kappa shape index (κ1) is 17.7. The zero-order valence-electron chi connectivity index (χ0n) is 13.8. The standard InChI is InChI=1S/C20H16N2O3S/c23-20(14-26-19-12-10-18(11-13-19)22(24)25)21-17-8-6-16(7-9-17)15-4-2-1-3-5-15/h1-13H,14H2,(H,21,23). The van der Waals surface area contributed by atoms with E-state index in [0.29, 0.717) is 0 Å². The minimum atomic E-state index is -0.444. The predicted molar refractivity (Wildman–Crippen MR) is 104 cm³/mol. The van der Waals surface area contributed by atoms with Gasteiger partial charge in [0, 0.05) is 22.7 Å². The van der Waals surface area contributed by atoms with E-state index in [-0.39, 0.29) is 17.3 Å². The predicted octanol–water partition coefficient (Wildman–Crippen LogP) is 4.99. The van der Waals surface area contributed by atoms with E-state index < -0.39 is 4.92 Å². The van der Waals surface area contributed by atoms with Crippen LogP contribution in [-0.2, 0) is 4.79 Å². The topological polar surface area (TPSA) is 72.2 Å². The summed E-state index contributed by atoms with van der Waals surface area (Å²) in [6, 6.07) is 23.8. The van der Waals surface area contributed by atoms with Gasteiger partial charge in [-0.2, -0.15) is 0 Å². The van der Waals surface area contributed by atoms with Crippen LogP contribution in [0.25, 0.3) is 11.1 Å². The molecule has 0 saturated carbocycles. The normalized spacial score (nSPS) is 10.3. The highest BCUT2D eigenvalue weighted by atomic mass is 32.2. The van der Waals surface area contributed by atoms with Gasteiger partial charge < -0.3 is 5.32 Å². The number of nitrogens with one attached hydrogen (secondary N) is 1. The highest BCUT2D eigenvalue weighted by Gasteiger charge is 2.07. The van der Waals surface area contributed by atoms with Crippen molar-refractivity contribution in [3.63, 3.8) is 0 Å². The number of hydrogen-bond donors (Lipinski definition) is 1. The van der Waals surface area contributed by atoms with Crippen molar-refractivity contribution in [2.24, 2.45) is 0 Å². The second-order valence-corrected chi connectivity index (χ2v) is 6.58. The van der Waals surface area contributed by atoms with Crippen molar-refractivity contribution in [1.29, 1.82) is 0 Å². The zero-order valence-corrected chi connectivity index (χ0v) is 14.6. The molecule has 0 atom stereocenters. The van der Waals surface area contributed by atoms with Gasteiger partial charge in [0.1, 0.15) is 0 Å². The van der Waals surface area contributed by atoms with Crippen molar-refractivity contribution in [3.8, 4) is 11.1 Å². The van der Waals surface area contributed by atoms with E-state index in [2.05, 4.69) is 5.32 Å². The van der Waals surface area contributed by atoms with Gasteiger partial charge in [0.25, 0.3) is 5.69 Å². The number of carbonyl (C=O) groups excluding carboxylic acids is 1. The Kier molecular flexibility index (Phi) is 5.66. The number of non-ortho nitro benzene ring substituents is 1. The second-order valence-electron chi connectivity index (χ2n) is 5.53. The molecule has 130 valence electrons. The van der Waals surface area contributed by atoms with Crippen LogP contribution >= 0.6 is 11.8 Å². The van der Waals surface area contributed by atoms with Crippen LogP contribution < -0.4 is 5.32 Å². The number of thioether (sulfide) groups is 1. The number of anilines is 1. The van der Waals surface area contributed by atoms with Gasteiger partial charge in [0.2, 0.25) is 5.91 Å². The number of carbonyl (C=O) groups is 1. The Morgan fingerprint density at radius 2 is 1.50 bits per heavy atom. The molecular formula is C20H16N2O3S. The van der Waals surface area contributed by atoms with E-state index in [9.17, 15) is 14.9 Å². The molecule has 26 heavy (non-hydrogen) atoms. The van der Waals surface area contributed by atoms with E-state index in [0.717, 1.165) is 21.7 Å². The number of rotatable bonds is 6. The van der Waals surface area contributed by atoms with Crippen molar-refractivity contribution < 1.29 is 9.72 Å². The lowest BCUT2D eigenvalue weighted by molar-refractivity contribution is -0.384. The van der Waals surface area contributed by atoms with Crippen LogP contribution in [0.4, 0.5) is 11.4 Å². The summed E-state index contributed by atoms with van der Waals surface area (Å²) in [6.45, 7) is 0. The fraction of sp³-hybridized carbons (Fsp3) is 0.0500. The molecule has 0 heterocycles. The van der Waals surface area contributed by atoms with E-state index in [1.54, 1.807) is 12.1 Å². The van der Waals surface area contributed by atoms with Crippen LogP contribution in [0.15, 0.2) is 83.8 Å². The Morgan fingerprint density at radius 1 is 0.885 bits per heavy atom. The smallest absolute Gasteiger partial charge is 0.269 e. The van der Waals surface area contributed by atoms with Gasteiger partial charge in [0.15, 0.2) is 0 Å². The molecule has 5 nitrogen and oxygen atoms in total. The average Bonchev–Trinajstić information content (AvgIpc) is 2.68. The SMILES string of the molecule is O=C(CSc1ccc([N+](=O)[O-])cc1)Nc1ccc(-c2ccccc2)cc1. The minimum absolute atomic E-state index is 0.0392. The van der Waals surface area contributed by atoms with Crippen LogP contribution in [-0.4, -0.2) is 16.6 Å². The van der Waals surface area contributed by atoms with Crippen LogP contribution in [0.5, 0.6) is 0 Å². The Balaban J connectivity index is 1.54. The lowest BCUT2D eigenvalue weighted by Gasteiger charge is -2.07. The summed E-state index contributed by atoms with van der Waals surface area (Å²) in [5, 5.41) is 13.5. The molecule has 1 amide bonds. The van der Waals surface area contributed by atoms with E-state index in [1.807, 2.05) is 54.6 Å². The van der Waals surface area contributed by atoms with Gasteiger partial charge in [-0.1, -0.05) is 42.5 Å². The number of nitrogens with zero attached hydrogens (tertiary/aromatic N) is 1. The largest absolute Gasteiger partial charge is 0.325 e. The second kappa shape index (κ2) is 8.31. The number of nitro groups is 1. The van der Waals surface area contributed by atoms with Crippen molar-refractivity contribution in [2.75, 3.05) is 11.1 Å². The van der Waals surface area contributed by atoms with Crippen LogP contribution in [0.1, 0.15) is 0 Å². The fourth-order valence-corrected chi connectivity index (χ4v) is 3.09. The van der Waals surface area contributed by atoms with Gasteiger partial charge in [0.05, 0.1) is 10.7 Å². The lowest BCUT2D eigenvalue weighted by atomic mass is 10.1. The highest BCUT2D eigenvalue weighted by molar-refractivity contribution is 8.00. The van der Waals surface area contributed by atoms with E-state index in [1.165, 1.54) is 23.9 Å². The summed E-state index contributed by atoms with van der Waals surface area (Å²) in [5.74, 6) is 0.110. The van der Waals surface area contributed by atoms with Gasteiger partial charge in [-0.15, -0.1) is 11.8 Å². The summed E-state index contributed by atoms with van der Waals surface area (Å²) in [6.07, 6.45) is 0. The molecule has 3 aromatic carbocycles. The molecule has 1 N–H and O–H groups in total. The maximum absolute atomic E-state index is 12.1. The van der Waals surface area contributed by atoms with Gasteiger partial charge in [-0.05, 0) is 35.4 Å². The molecule has 0 aliphatic carbocycles. The van der Waals surface area contributed by atoms with Crippen molar-refractivity contribution in [1.82, 2.24) is 0 Å². The molecule has 0 saturated heterocycles. The molecule has 0 unspecified atom stereocenters. The quantitative estimate of drug-likeness (QED) is 0.380. The molecule has 0 bridgehead atoms. The van der Waals surface area contributed by atoms with Crippen molar-refractivity contribution in [3.05, 3.63) is 89.0 Å². The third kappa shape index (κ3) is 4.70. The Morgan fingerprint density at radius 3 is 2.12 bits per heavy atom. The first-order valence-electron chi connectivity index (χ1n) is 7.94. The molecule has 6 heteroatoms. The third-order valence-corrected chi connectivity index (χ3v) is 4.71. The van der Waals surface area contributed by atoms with Gasteiger partial charge in [-0.3, -0.25) is 14.9 Å². The lowest BCUT2D eigenvalue weighted by Crippen LogP contribution is -2.13. The maximum atomic E-state index is 12.1. The molecule has 0 aromatic heterocycles. The number of benzene rings is 3.